The van der Waals surface area contributed by atoms with Crippen molar-refractivity contribution in [1.29, 1.82) is 0 Å². The number of rotatable bonds is 5. The molecule has 2 saturated heterocycles. The Morgan fingerprint density at radius 2 is 1.81 bits per heavy atom. The average molecular weight is 438 g/mol. The highest BCUT2D eigenvalue weighted by Crippen LogP contribution is 2.42. The van der Waals surface area contributed by atoms with Crippen molar-refractivity contribution in [3.05, 3.63) is 41.7 Å². The van der Waals surface area contributed by atoms with Crippen LogP contribution in [0.4, 0.5) is 19.0 Å². The summed E-state index contributed by atoms with van der Waals surface area (Å²) >= 11 is 0. The van der Waals surface area contributed by atoms with Crippen LogP contribution >= 0.6 is 0 Å². The highest BCUT2D eigenvalue weighted by Gasteiger charge is 2.46. The quantitative estimate of drug-likeness (QED) is 0.575. The number of fused-ring (bicyclic) bond motifs is 1. The second-order valence-electron chi connectivity index (χ2n) is 9.24. The zero-order valence-corrected chi connectivity index (χ0v) is 17.6. The zero-order valence-electron chi connectivity index (χ0n) is 17.6. The van der Waals surface area contributed by atoms with Crippen molar-refractivity contribution in [1.82, 2.24) is 15.1 Å². The molecule has 3 fully saturated rings. The summed E-state index contributed by atoms with van der Waals surface area (Å²) in [6, 6.07) is 4.80. The van der Waals surface area contributed by atoms with E-state index < -0.39 is 22.8 Å². The lowest BCUT2D eigenvalue weighted by Gasteiger charge is -2.42. The molecule has 1 N–H and O–H groups in total. The molecule has 2 aliphatic heterocycles. The summed E-state index contributed by atoms with van der Waals surface area (Å²) in [4.78, 5) is 2.21. The topological polar surface area (TPSA) is 50.3 Å². The third kappa shape index (κ3) is 4.03. The Labute approximate surface area is 187 Å². The van der Waals surface area contributed by atoms with Crippen molar-refractivity contribution in [3.8, 4) is 11.3 Å². The van der Waals surface area contributed by atoms with Gasteiger partial charge in [0, 0.05) is 44.0 Å². The maximum atomic E-state index is 14.0. The summed E-state index contributed by atoms with van der Waals surface area (Å²) in [5.41, 5.74) is -0.180. The van der Waals surface area contributed by atoms with Crippen LogP contribution in [0.2, 0.25) is 0 Å². The number of likely N-dealkylation sites (tertiary alicyclic amines) is 1. The lowest BCUT2D eigenvalue weighted by molar-refractivity contribution is 0.146. The lowest BCUT2D eigenvalue weighted by atomic mass is 9.53. The van der Waals surface area contributed by atoms with Crippen LogP contribution in [0.15, 0.2) is 24.3 Å². The maximum Gasteiger partial charge on any atom is 0.168 e. The molecule has 0 bridgehead atoms. The highest BCUT2D eigenvalue weighted by molar-refractivity contribution is 6.40. The van der Waals surface area contributed by atoms with Gasteiger partial charge in [0.05, 0.1) is 21.4 Å². The molecule has 1 aromatic carbocycles. The Kier molecular flexibility index (Phi) is 5.70. The molecule has 5 rings (SSSR count). The third-order valence-corrected chi connectivity index (χ3v) is 7.17. The predicted octanol–water partition coefficient (Wildman–Crippen LogP) is 2.71. The molecule has 4 atom stereocenters. The van der Waals surface area contributed by atoms with Gasteiger partial charge in [-0.1, -0.05) is 0 Å². The Morgan fingerprint density at radius 1 is 1.06 bits per heavy atom. The number of halogens is 3. The number of hydrogen-bond donors (Lipinski definition) is 1. The molecule has 164 valence electrons. The van der Waals surface area contributed by atoms with Crippen molar-refractivity contribution >= 4 is 21.5 Å². The van der Waals surface area contributed by atoms with E-state index in [2.05, 4.69) is 20.4 Å². The van der Waals surface area contributed by atoms with Crippen LogP contribution < -0.4 is 5.32 Å². The molecule has 3 aliphatic rings. The first-order valence-corrected chi connectivity index (χ1v) is 11.0. The number of anilines is 1. The van der Waals surface area contributed by atoms with Crippen LogP contribution in [-0.4, -0.2) is 68.5 Å². The Bertz CT molecular complexity index is 974. The van der Waals surface area contributed by atoms with E-state index in [-0.39, 0.29) is 23.2 Å². The molecule has 1 aliphatic carbocycles. The first kappa shape index (κ1) is 21.8. The molecule has 2 aromatic rings. The minimum atomic E-state index is -1.25. The molecular weight excluding hydrogens is 415 g/mol. The van der Waals surface area contributed by atoms with Gasteiger partial charge >= 0.3 is 0 Å². The van der Waals surface area contributed by atoms with Gasteiger partial charge in [-0.2, -0.15) is 0 Å². The van der Waals surface area contributed by atoms with Gasteiger partial charge in [0.25, 0.3) is 0 Å². The molecule has 2 unspecified atom stereocenters. The van der Waals surface area contributed by atoms with E-state index in [1.54, 1.807) is 6.07 Å². The minimum Gasteiger partial charge on any atom is -0.381 e. The second-order valence-corrected chi connectivity index (χ2v) is 9.24. The predicted molar refractivity (Wildman–Crippen MR) is 116 cm³/mol. The highest BCUT2D eigenvalue weighted by atomic mass is 19.2. The largest absolute Gasteiger partial charge is 0.381 e. The van der Waals surface area contributed by atoms with E-state index >= 15 is 0 Å². The van der Waals surface area contributed by atoms with E-state index in [4.69, 9.17) is 20.4 Å². The molecule has 5 nitrogen and oxygen atoms in total. The van der Waals surface area contributed by atoms with E-state index in [1.807, 2.05) is 0 Å². The number of aromatic nitrogens is 2. The van der Waals surface area contributed by atoms with Gasteiger partial charge in [-0.15, -0.1) is 10.2 Å². The number of nitrogens with one attached hydrogen (secondary N) is 1. The van der Waals surface area contributed by atoms with E-state index in [0.29, 0.717) is 36.9 Å². The van der Waals surface area contributed by atoms with Crippen LogP contribution in [0.25, 0.3) is 11.3 Å². The van der Waals surface area contributed by atoms with Gasteiger partial charge in [-0.25, -0.2) is 13.2 Å². The first-order chi connectivity index (χ1) is 15.3. The van der Waals surface area contributed by atoms with Crippen molar-refractivity contribution in [3.63, 3.8) is 0 Å². The van der Waals surface area contributed by atoms with E-state index in [0.717, 1.165) is 38.4 Å². The van der Waals surface area contributed by atoms with Gasteiger partial charge in [0.15, 0.2) is 11.6 Å². The summed E-state index contributed by atoms with van der Waals surface area (Å²) in [6.45, 7) is 3.06. The monoisotopic (exact) mass is 438 g/mol. The smallest absolute Gasteiger partial charge is 0.168 e. The summed E-state index contributed by atoms with van der Waals surface area (Å²) < 4.78 is 46.4. The summed E-state index contributed by atoms with van der Waals surface area (Å²) in [5, 5.41) is 10.6. The van der Waals surface area contributed by atoms with Gasteiger partial charge in [-0.3, -0.25) is 0 Å². The van der Waals surface area contributed by atoms with Crippen molar-refractivity contribution in [2.24, 2.45) is 17.8 Å². The number of nitrogens with zero attached hydrogens (tertiary/aromatic N) is 3. The summed E-state index contributed by atoms with van der Waals surface area (Å²) in [6.07, 6.45) is 2.82. The molecule has 4 radical (unpaired) electrons. The maximum absolute atomic E-state index is 14.0. The van der Waals surface area contributed by atoms with Gasteiger partial charge in [0.1, 0.15) is 11.6 Å². The number of benzene rings is 1. The molecule has 10 heteroatoms. The average Bonchev–Trinajstić information content (AvgIpc) is 3.48. The van der Waals surface area contributed by atoms with Crippen molar-refractivity contribution in [2.45, 2.75) is 30.6 Å². The fourth-order valence-corrected chi connectivity index (χ4v) is 5.40. The SMILES string of the molecule is [B]C([B])(C1CCOC1)N1C[C@H]2CC(Nc3ccc(-c4cc(F)cc(F)c4F)nn3)C[C@H]2C1. The fourth-order valence-electron chi connectivity index (χ4n) is 5.40. The molecule has 32 heavy (non-hydrogen) atoms. The van der Waals surface area contributed by atoms with E-state index in [9.17, 15) is 13.2 Å². The van der Waals surface area contributed by atoms with Crippen molar-refractivity contribution in [2.75, 3.05) is 31.6 Å². The number of ether oxygens (including phenoxy) is 1. The lowest BCUT2D eigenvalue weighted by Crippen LogP contribution is -2.55. The Hall–Kier alpha value is -2.06. The van der Waals surface area contributed by atoms with Crippen molar-refractivity contribution < 1.29 is 17.9 Å². The van der Waals surface area contributed by atoms with Crippen LogP contribution in [0.1, 0.15) is 19.3 Å². The van der Waals surface area contributed by atoms with Crippen LogP contribution in [-0.2, 0) is 4.74 Å². The Balaban J connectivity index is 1.20. The fraction of sp³-hybridized carbons (Fsp3) is 0.545. The van der Waals surface area contributed by atoms with E-state index in [1.165, 1.54) is 6.07 Å². The standard InChI is InChI=1S/C22H23B2F3N4O/c23-22(24,14-3-4-32-11-14)31-9-12-5-16(6-13(12)10-31)28-20-2-1-19(29-30-20)17-7-15(25)8-18(26)21(17)27/h1-2,7-8,12-14,16H,3-6,9-11H2,(H,28,30)/t12-,13+,14?,16?. The van der Waals surface area contributed by atoms with Gasteiger partial charge in [-0.05, 0) is 60.6 Å². The molecule has 1 saturated carbocycles. The molecule has 0 spiro atoms. The van der Waals surface area contributed by atoms with Crippen LogP contribution in [0.5, 0.6) is 0 Å². The molecular formula is C22H23B2F3N4O. The van der Waals surface area contributed by atoms with Gasteiger partial charge in [0.2, 0.25) is 0 Å². The first-order valence-electron chi connectivity index (χ1n) is 11.0. The molecule has 1 aromatic heterocycles. The molecule has 3 heterocycles. The molecule has 0 amide bonds. The zero-order chi connectivity index (χ0) is 22.5. The van der Waals surface area contributed by atoms with Gasteiger partial charge < -0.3 is 15.0 Å². The Morgan fingerprint density at radius 3 is 2.44 bits per heavy atom. The number of hydrogen-bond acceptors (Lipinski definition) is 5. The second kappa shape index (κ2) is 8.37. The van der Waals surface area contributed by atoms with Crippen LogP contribution in [0, 0.1) is 35.2 Å². The van der Waals surface area contributed by atoms with Crippen LogP contribution in [0.3, 0.4) is 0 Å². The third-order valence-electron chi connectivity index (χ3n) is 7.17. The minimum absolute atomic E-state index is 0.0727. The summed E-state index contributed by atoms with van der Waals surface area (Å²) in [5.74, 6) is -1.57. The normalized spacial score (nSPS) is 28.2. The summed E-state index contributed by atoms with van der Waals surface area (Å²) in [7, 11) is 13.0.